The summed E-state index contributed by atoms with van der Waals surface area (Å²) in [6.07, 6.45) is 1.91. The number of nitrogens with one attached hydrogen (secondary N) is 1. The maximum atomic E-state index is 13.0. The summed E-state index contributed by atoms with van der Waals surface area (Å²) in [4.78, 5) is 2.25. The molecule has 0 bridgehead atoms. The Hall–Kier alpha value is -1.76. The summed E-state index contributed by atoms with van der Waals surface area (Å²) in [7, 11) is 2.08. The number of benzene rings is 1. The Morgan fingerprint density at radius 3 is 2.71 bits per heavy atom. The molecule has 2 aromatic rings. The predicted octanol–water partition coefficient (Wildman–Crippen LogP) is 2.09. The number of aromatic amines is 1. The molecule has 1 aliphatic heterocycles. The van der Waals surface area contributed by atoms with Gasteiger partial charge in [0.05, 0.1) is 30.9 Å². The fraction of sp³-hybridized carbons (Fsp3) is 0.500. The topological polar surface area (TPSA) is 61.4 Å². The molecule has 130 valence electrons. The van der Waals surface area contributed by atoms with Crippen LogP contribution in [0.3, 0.4) is 0 Å². The average Bonchev–Trinajstić information content (AvgIpc) is 3.00. The molecule has 1 saturated heterocycles. The fourth-order valence-electron chi connectivity index (χ4n) is 3.07. The van der Waals surface area contributed by atoms with Crippen LogP contribution >= 0.6 is 0 Å². The third-order valence-corrected chi connectivity index (χ3v) is 4.51. The number of H-pyrrole nitrogens is 1. The normalized spacial score (nSPS) is 16.3. The first kappa shape index (κ1) is 17.1. The van der Waals surface area contributed by atoms with Crippen molar-refractivity contribution < 1.29 is 14.2 Å². The number of aromatic nitrogens is 2. The van der Waals surface area contributed by atoms with Gasteiger partial charge in [-0.2, -0.15) is 5.10 Å². The largest absolute Gasteiger partial charge is 0.396 e. The van der Waals surface area contributed by atoms with E-state index in [0.717, 1.165) is 42.9 Å². The van der Waals surface area contributed by atoms with E-state index in [-0.39, 0.29) is 17.8 Å². The molecule has 2 N–H and O–H groups in total. The molecule has 24 heavy (non-hydrogen) atoms. The van der Waals surface area contributed by atoms with Crippen molar-refractivity contribution in [2.75, 3.05) is 40.0 Å². The van der Waals surface area contributed by atoms with Crippen molar-refractivity contribution in [3.63, 3.8) is 0 Å². The summed E-state index contributed by atoms with van der Waals surface area (Å²) in [5.41, 5.74) is 2.75. The third kappa shape index (κ3) is 4.01. The van der Waals surface area contributed by atoms with Gasteiger partial charge in [0.15, 0.2) is 0 Å². The van der Waals surface area contributed by atoms with Gasteiger partial charge in [0.1, 0.15) is 5.82 Å². The summed E-state index contributed by atoms with van der Waals surface area (Å²) in [6, 6.07) is 8.37. The molecule has 0 unspecified atom stereocenters. The summed E-state index contributed by atoms with van der Waals surface area (Å²) < 4.78 is 18.2. The number of aliphatic hydroxyl groups excluding tert-OH is 1. The monoisotopic (exact) mass is 333 g/mol. The van der Waals surface area contributed by atoms with Crippen LogP contribution in [0.25, 0.3) is 11.3 Å². The lowest BCUT2D eigenvalue weighted by Gasteiger charge is -2.42. The Morgan fingerprint density at radius 2 is 2.08 bits per heavy atom. The van der Waals surface area contributed by atoms with E-state index in [1.54, 1.807) is 12.1 Å². The second-order valence-corrected chi connectivity index (χ2v) is 6.78. The lowest BCUT2D eigenvalue weighted by molar-refractivity contribution is -0.146. The Bertz CT molecular complexity index is 647. The highest BCUT2D eigenvalue weighted by atomic mass is 19.1. The van der Waals surface area contributed by atoms with Crippen molar-refractivity contribution in [3.05, 3.63) is 41.8 Å². The number of ether oxygens (including phenoxy) is 1. The minimum Gasteiger partial charge on any atom is -0.396 e. The van der Waals surface area contributed by atoms with E-state index in [2.05, 4.69) is 22.1 Å². The second-order valence-electron chi connectivity index (χ2n) is 6.78. The molecule has 1 aliphatic rings. The van der Waals surface area contributed by atoms with Crippen molar-refractivity contribution in [2.24, 2.45) is 5.41 Å². The minimum atomic E-state index is -0.241. The molecule has 0 saturated carbocycles. The molecule has 0 spiro atoms. The summed E-state index contributed by atoms with van der Waals surface area (Å²) >= 11 is 0. The van der Waals surface area contributed by atoms with E-state index >= 15 is 0 Å². The van der Waals surface area contributed by atoms with Crippen LogP contribution in [0, 0.1) is 11.2 Å². The summed E-state index contributed by atoms with van der Waals surface area (Å²) in [5.74, 6) is -0.241. The molecular formula is C18H24FN3O2. The quantitative estimate of drug-likeness (QED) is 0.776. The van der Waals surface area contributed by atoms with Gasteiger partial charge in [-0.25, -0.2) is 4.39 Å². The maximum Gasteiger partial charge on any atom is 0.123 e. The first-order chi connectivity index (χ1) is 11.6. The number of nitrogens with zero attached hydrogens (tertiary/aromatic N) is 2. The van der Waals surface area contributed by atoms with Crippen LogP contribution in [0.1, 0.15) is 12.1 Å². The number of halogens is 1. The number of hydrogen-bond acceptors (Lipinski definition) is 4. The molecule has 6 heteroatoms. The highest BCUT2D eigenvalue weighted by Crippen LogP contribution is 2.27. The number of hydrogen-bond donors (Lipinski definition) is 2. The van der Waals surface area contributed by atoms with E-state index in [9.17, 15) is 9.50 Å². The molecule has 3 rings (SSSR count). The average molecular weight is 333 g/mol. The van der Waals surface area contributed by atoms with E-state index in [1.807, 2.05) is 6.07 Å². The molecule has 0 amide bonds. The van der Waals surface area contributed by atoms with Crippen LogP contribution in [0.4, 0.5) is 4.39 Å². The fourth-order valence-corrected chi connectivity index (χ4v) is 3.07. The van der Waals surface area contributed by atoms with Crippen molar-refractivity contribution >= 4 is 0 Å². The van der Waals surface area contributed by atoms with E-state index in [0.29, 0.717) is 13.2 Å². The standard InChI is InChI=1S/C18H24FN3O2/c1-22(10-18(11-23)12-24-13-18)8-2-3-16-9-17(21-20-16)14-4-6-15(19)7-5-14/h4-7,9,23H,2-3,8,10-13H2,1H3,(H,20,21). The van der Waals surface area contributed by atoms with Gasteiger partial charge in [-0.05, 0) is 56.8 Å². The maximum absolute atomic E-state index is 13.0. The van der Waals surface area contributed by atoms with Gasteiger partial charge < -0.3 is 14.7 Å². The highest BCUT2D eigenvalue weighted by molar-refractivity contribution is 5.58. The van der Waals surface area contributed by atoms with Crippen LogP contribution in [-0.2, 0) is 11.2 Å². The minimum absolute atomic E-state index is 0.0709. The molecule has 1 aromatic heterocycles. The Labute approximate surface area is 141 Å². The van der Waals surface area contributed by atoms with E-state index in [4.69, 9.17) is 4.74 Å². The first-order valence-electron chi connectivity index (χ1n) is 8.28. The first-order valence-corrected chi connectivity index (χ1v) is 8.28. The van der Waals surface area contributed by atoms with Crippen molar-refractivity contribution in [1.29, 1.82) is 0 Å². The van der Waals surface area contributed by atoms with Crippen LogP contribution in [0.5, 0.6) is 0 Å². The molecule has 5 nitrogen and oxygen atoms in total. The Balaban J connectivity index is 1.46. The van der Waals surface area contributed by atoms with Gasteiger partial charge in [-0.15, -0.1) is 0 Å². The van der Waals surface area contributed by atoms with Crippen LogP contribution in [0.2, 0.25) is 0 Å². The molecule has 2 heterocycles. The number of rotatable bonds is 8. The Morgan fingerprint density at radius 1 is 1.33 bits per heavy atom. The van der Waals surface area contributed by atoms with Crippen molar-refractivity contribution in [3.8, 4) is 11.3 Å². The molecule has 0 aliphatic carbocycles. The van der Waals surface area contributed by atoms with Gasteiger partial charge in [0, 0.05) is 17.8 Å². The second kappa shape index (κ2) is 7.42. The molecule has 1 fully saturated rings. The van der Waals surface area contributed by atoms with Gasteiger partial charge >= 0.3 is 0 Å². The van der Waals surface area contributed by atoms with Crippen LogP contribution in [-0.4, -0.2) is 60.2 Å². The Kier molecular flexibility index (Phi) is 5.28. The van der Waals surface area contributed by atoms with Crippen LogP contribution < -0.4 is 0 Å². The number of aryl methyl sites for hydroxylation is 1. The molecular weight excluding hydrogens is 309 g/mol. The summed E-state index contributed by atoms with van der Waals surface area (Å²) in [5, 5.41) is 16.8. The van der Waals surface area contributed by atoms with Gasteiger partial charge in [-0.3, -0.25) is 5.10 Å². The molecule has 1 aromatic carbocycles. The lowest BCUT2D eigenvalue weighted by atomic mass is 9.86. The predicted molar refractivity (Wildman–Crippen MR) is 90.1 cm³/mol. The van der Waals surface area contributed by atoms with Gasteiger partial charge in [-0.1, -0.05) is 0 Å². The molecule has 0 radical (unpaired) electrons. The number of aliphatic hydroxyl groups is 1. The van der Waals surface area contributed by atoms with Crippen molar-refractivity contribution in [1.82, 2.24) is 15.1 Å². The third-order valence-electron chi connectivity index (χ3n) is 4.51. The smallest absolute Gasteiger partial charge is 0.123 e. The van der Waals surface area contributed by atoms with Crippen LogP contribution in [0.15, 0.2) is 30.3 Å². The summed E-state index contributed by atoms with van der Waals surface area (Å²) in [6.45, 7) is 3.28. The van der Waals surface area contributed by atoms with Gasteiger partial charge in [0.2, 0.25) is 0 Å². The van der Waals surface area contributed by atoms with Gasteiger partial charge in [0.25, 0.3) is 0 Å². The zero-order valence-electron chi connectivity index (χ0n) is 14.0. The zero-order valence-corrected chi connectivity index (χ0v) is 14.0. The lowest BCUT2D eigenvalue weighted by Crippen LogP contribution is -2.52. The van der Waals surface area contributed by atoms with E-state index in [1.165, 1.54) is 12.1 Å². The zero-order chi connectivity index (χ0) is 17.0. The SMILES string of the molecule is CN(CCCc1cc(-c2ccc(F)cc2)n[nH]1)CC1(CO)COC1. The van der Waals surface area contributed by atoms with E-state index < -0.39 is 0 Å². The van der Waals surface area contributed by atoms with Crippen molar-refractivity contribution in [2.45, 2.75) is 12.8 Å². The molecule has 0 atom stereocenters. The highest BCUT2D eigenvalue weighted by Gasteiger charge is 2.38.